The summed E-state index contributed by atoms with van der Waals surface area (Å²) in [6, 6.07) is 7.63. The fraction of sp³-hybridized carbons (Fsp3) is 0.500. The molecule has 20 heavy (non-hydrogen) atoms. The van der Waals surface area contributed by atoms with Crippen molar-refractivity contribution in [2.45, 2.75) is 12.8 Å². The molecular weight excluding hydrogens is 344 g/mol. The second-order valence-electron chi connectivity index (χ2n) is 4.79. The maximum absolute atomic E-state index is 12.0. The zero-order valence-corrected chi connectivity index (χ0v) is 13.7. The molecule has 1 unspecified atom stereocenters. The highest BCUT2D eigenvalue weighted by Crippen LogP contribution is 2.19. The maximum Gasteiger partial charge on any atom is 0.226 e. The maximum atomic E-state index is 12.0. The third-order valence-electron chi connectivity index (χ3n) is 3.35. The molecule has 1 saturated heterocycles. The lowest BCUT2D eigenvalue weighted by atomic mass is 10.1. The Balaban J connectivity index is 0.00000200. The summed E-state index contributed by atoms with van der Waals surface area (Å²) in [7, 11) is 0. The molecule has 0 bridgehead atoms. The van der Waals surface area contributed by atoms with Gasteiger partial charge in [0.15, 0.2) is 0 Å². The molecule has 0 saturated carbocycles. The molecule has 2 rings (SSSR count). The van der Waals surface area contributed by atoms with Gasteiger partial charge in [-0.2, -0.15) is 0 Å². The van der Waals surface area contributed by atoms with Crippen LogP contribution in [0.3, 0.4) is 0 Å². The number of carbonyl (C=O) groups excluding carboxylic acids is 1. The van der Waals surface area contributed by atoms with Crippen molar-refractivity contribution in [1.82, 2.24) is 4.90 Å². The van der Waals surface area contributed by atoms with Crippen molar-refractivity contribution in [3.05, 3.63) is 28.7 Å². The van der Waals surface area contributed by atoms with Gasteiger partial charge in [0.2, 0.25) is 5.91 Å². The number of nitrogens with zero attached hydrogens (tertiary/aromatic N) is 1. The summed E-state index contributed by atoms with van der Waals surface area (Å²) in [5, 5.41) is 0. The first-order chi connectivity index (χ1) is 9.19. The van der Waals surface area contributed by atoms with Crippen molar-refractivity contribution in [2.75, 3.05) is 26.2 Å². The van der Waals surface area contributed by atoms with Crippen molar-refractivity contribution in [2.24, 2.45) is 11.7 Å². The van der Waals surface area contributed by atoms with Crippen LogP contribution in [0.15, 0.2) is 28.7 Å². The standard InChI is InChI=1S/C14H19BrN2O2.ClH/c15-12-2-1-3-13(8-12)19-7-5-14(18)17-6-4-11(9-16)10-17;/h1-3,8,11H,4-7,9-10,16H2;1H. The first kappa shape index (κ1) is 17.3. The first-order valence-electron chi connectivity index (χ1n) is 6.55. The summed E-state index contributed by atoms with van der Waals surface area (Å²) in [6.07, 6.45) is 1.44. The minimum atomic E-state index is 0. The van der Waals surface area contributed by atoms with E-state index in [1.54, 1.807) is 0 Å². The molecule has 6 heteroatoms. The Labute approximate surface area is 134 Å². The van der Waals surface area contributed by atoms with Gasteiger partial charge in [0.1, 0.15) is 5.75 Å². The number of rotatable bonds is 5. The quantitative estimate of drug-likeness (QED) is 0.874. The van der Waals surface area contributed by atoms with Gasteiger partial charge in [-0.15, -0.1) is 12.4 Å². The lowest BCUT2D eigenvalue weighted by Gasteiger charge is -2.16. The van der Waals surface area contributed by atoms with Gasteiger partial charge in [-0.05, 0) is 37.1 Å². The van der Waals surface area contributed by atoms with E-state index in [9.17, 15) is 4.79 Å². The van der Waals surface area contributed by atoms with Crippen LogP contribution in [0.4, 0.5) is 0 Å². The summed E-state index contributed by atoms with van der Waals surface area (Å²) >= 11 is 3.38. The van der Waals surface area contributed by atoms with Crippen LogP contribution in [0.25, 0.3) is 0 Å². The molecule has 4 nitrogen and oxygen atoms in total. The van der Waals surface area contributed by atoms with Gasteiger partial charge in [-0.25, -0.2) is 0 Å². The number of halogens is 2. The van der Waals surface area contributed by atoms with Crippen molar-refractivity contribution in [3.63, 3.8) is 0 Å². The zero-order valence-electron chi connectivity index (χ0n) is 11.3. The molecule has 1 aliphatic rings. The fourth-order valence-corrected chi connectivity index (χ4v) is 2.60. The summed E-state index contributed by atoms with van der Waals surface area (Å²) in [6.45, 7) is 2.71. The summed E-state index contributed by atoms with van der Waals surface area (Å²) in [5.74, 6) is 1.41. The van der Waals surface area contributed by atoms with Crippen LogP contribution in [-0.2, 0) is 4.79 Å². The normalized spacial score (nSPS) is 17.7. The van der Waals surface area contributed by atoms with Crippen molar-refractivity contribution >= 4 is 34.2 Å². The van der Waals surface area contributed by atoms with Gasteiger partial charge < -0.3 is 15.4 Å². The highest BCUT2D eigenvalue weighted by molar-refractivity contribution is 9.10. The number of benzene rings is 1. The largest absolute Gasteiger partial charge is 0.493 e. The molecule has 1 fully saturated rings. The molecule has 0 radical (unpaired) electrons. The molecule has 1 aromatic rings. The van der Waals surface area contributed by atoms with Crippen LogP contribution in [0.5, 0.6) is 5.75 Å². The predicted octanol–water partition coefficient (Wildman–Crippen LogP) is 2.45. The Kier molecular flexibility index (Phi) is 7.34. The fourth-order valence-electron chi connectivity index (χ4n) is 2.22. The molecular formula is C14H20BrClN2O2. The average molecular weight is 364 g/mol. The number of hydrogen-bond acceptors (Lipinski definition) is 3. The van der Waals surface area contributed by atoms with E-state index in [-0.39, 0.29) is 18.3 Å². The van der Waals surface area contributed by atoms with E-state index < -0.39 is 0 Å². The average Bonchev–Trinajstić information content (AvgIpc) is 2.87. The number of hydrogen-bond donors (Lipinski definition) is 1. The molecule has 112 valence electrons. The Hall–Kier alpha value is -0.780. The van der Waals surface area contributed by atoms with Gasteiger partial charge >= 0.3 is 0 Å². The van der Waals surface area contributed by atoms with E-state index >= 15 is 0 Å². The Bertz CT molecular complexity index is 445. The molecule has 1 amide bonds. The topological polar surface area (TPSA) is 55.6 Å². The molecule has 1 atom stereocenters. The zero-order chi connectivity index (χ0) is 13.7. The number of nitrogens with two attached hydrogens (primary N) is 1. The summed E-state index contributed by atoms with van der Waals surface area (Å²) < 4.78 is 6.54. The van der Waals surface area contributed by atoms with E-state index in [1.807, 2.05) is 29.2 Å². The number of carbonyl (C=O) groups is 1. The second-order valence-corrected chi connectivity index (χ2v) is 5.70. The van der Waals surface area contributed by atoms with Crippen LogP contribution in [0, 0.1) is 5.92 Å². The molecule has 2 N–H and O–H groups in total. The summed E-state index contributed by atoms with van der Waals surface area (Å²) in [5.41, 5.74) is 5.62. The van der Waals surface area contributed by atoms with E-state index in [1.165, 1.54) is 0 Å². The van der Waals surface area contributed by atoms with Gasteiger partial charge in [-0.3, -0.25) is 4.79 Å². The van der Waals surface area contributed by atoms with Crippen LogP contribution < -0.4 is 10.5 Å². The SMILES string of the molecule is Cl.NCC1CCN(C(=O)CCOc2cccc(Br)c2)C1. The van der Waals surface area contributed by atoms with Crippen LogP contribution in [-0.4, -0.2) is 37.0 Å². The van der Waals surface area contributed by atoms with Gasteiger partial charge in [-0.1, -0.05) is 22.0 Å². The minimum Gasteiger partial charge on any atom is -0.493 e. The van der Waals surface area contributed by atoms with Crippen LogP contribution in [0.1, 0.15) is 12.8 Å². The van der Waals surface area contributed by atoms with E-state index in [0.717, 1.165) is 29.7 Å². The van der Waals surface area contributed by atoms with Crippen LogP contribution >= 0.6 is 28.3 Å². The molecule has 0 spiro atoms. The number of likely N-dealkylation sites (tertiary alicyclic amines) is 1. The monoisotopic (exact) mass is 362 g/mol. The van der Waals surface area contributed by atoms with Crippen molar-refractivity contribution in [3.8, 4) is 5.75 Å². The van der Waals surface area contributed by atoms with E-state index in [4.69, 9.17) is 10.5 Å². The Morgan fingerprint density at radius 2 is 2.30 bits per heavy atom. The molecule has 0 aromatic heterocycles. The van der Waals surface area contributed by atoms with Crippen molar-refractivity contribution < 1.29 is 9.53 Å². The Morgan fingerprint density at radius 3 is 2.95 bits per heavy atom. The smallest absolute Gasteiger partial charge is 0.226 e. The lowest BCUT2D eigenvalue weighted by Crippen LogP contribution is -2.30. The van der Waals surface area contributed by atoms with Crippen molar-refractivity contribution in [1.29, 1.82) is 0 Å². The third kappa shape index (κ3) is 4.96. The number of amides is 1. The highest BCUT2D eigenvalue weighted by Gasteiger charge is 2.24. The molecule has 0 aliphatic carbocycles. The van der Waals surface area contributed by atoms with Gasteiger partial charge in [0.05, 0.1) is 13.0 Å². The molecule has 1 heterocycles. The first-order valence-corrected chi connectivity index (χ1v) is 7.34. The number of ether oxygens (including phenoxy) is 1. The lowest BCUT2D eigenvalue weighted by molar-refractivity contribution is -0.130. The minimum absolute atomic E-state index is 0. The molecule has 1 aliphatic heterocycles. The molecule has 1 aromatic carbocycles. The summed E-state index contributed by atoms with van der Waals surface area (Å²) in [4.78, 5) is 13.9. The predicted molar refractivity (Wildman–Crippen MR) is 85.2 cm³/mol. The van der Waals surface area contributed by atoms with E-state index in [0.29, 0.717) is 25.5 Å². The second kappa shape index (κ2) is 8.49. The van der Waals surface area contributed by atoms with Gasteiger partial charge in [0, 0.05) is 17.6 Å². The highest BCUT2D eigenvalue weighted by atomic mass is 79.9. The van der Waals surface area contributed by atoms with E-state index in [2.05, 4.69) is 15.9 Å². The third-order valence-corrected chi connectivity index (χ3v) is 3.85. The van der Waals surface area contributed by atoms with Crippen LogP contribution in [0.2, 0.25) is 0 Å². The van der Waals surface area contributed by atoms with Gasteiger partial charge in [0.25, 0.3) is 0 Å². The Morgan fingerprint density at radius 1 is 1.50 bits per heavy atom.